The Balaban J connectivity index is 2.03. The fourth-order valence-corrected chi connectivity index (χ4v) is 3.99. The van der Waals surface area contributed by atoms with Crippen LogP contribution in [0.1, 0.15) is 47.5 Å². The first kappa shape index (κ1) is 16.2. The maximum absolute atomic E-state index is 12.0. The van der Waals surface area contributed by atoms with Gasteiger partial charge in [0.2, 0.25) is 0 Å². The number of sulfone groups is 1. The first-order valence-electron chi connectivity index (χ1n) is 7.78. The molecule has 1 saturated carbocycles. The van der Waals surface area contributed by atoms with Crippen LogP contribution in [0.4, 0.5) is 0 Å². The maximum Gasteiger partial charge on any atom is 0.153 e. The topological polar surface area (TPSA) is 49.4 Å². The van der Waals surface area contributed by atoms with Crippen LogP contribution in [0.15, 0.2) is 0 Å². The Bertz CT molecular complexity index is 454. The average Bonchev–Trinajstić information content (AvgIpc) is 3.15. The van der Waals surface area contributed by atoms with Gasteiger partial charge in [-0.15, -0.1) is 0 Å². The quantitative estimate of drug-likeness (QED) is 0.839. The fraction of sp³-hybridized carbons (Fsp3) is 1.00. The summed E-state index contributed by atoms with van der Waals surface area (Å²) in [4.78, 5) is 2.38. The van der Waals surface area contributed by atoms with Gasteiger partial charge in [0.05, 0.1) is 11.0 Å². The van der Waals surface area contributed by atoms with Crippen molar-refractivity contribution in [2.75, 3.05) is 25.4 Å². The van der Waals surface area contributed by atoms with Crippen LogP contribution < -0.4 is 5.32 Å². The molecule has 0 aromatic carbocycles. The lowest BCUT2D eigenvalue weighted by molar-refractivity contribution is 0.0294. The molecule has 1 aliphatic carbocycles. The second kappa shape index (κ2) is 5.25. The zero-order chi connectivity index (χ0) is 15.2. The zero-order valence-corrected chi connectivity index (χ0v) is 14.4. The lowest BCUT2D eigenvalue weighted by atomic mass is 9.87. The van der Waals surface area contributed by atoms with Gasteiger partial charge in [0.15, 0.2) is 9.84 Å². The Morgan fingerprint density at radius 2 is 1.85 bits per heavy atom. The third-order valence-corrected chi connectivity index (χ3v) is 7.33. The molecular formula is C15H30N2O2S. The average molecular weight is 302 g/mol. The van der Waals surface area contributed by atoms with E-state index in [2.05, 4.69) is 31.0 Å². The van der Waals surface area contributed by atoms with Crippen LogP contribution in [0.3, 0.4) is 0 Å². The normalized spacial score (nSPS) is 31.7. The third kappa shape index (κ3) is 3.37. The number of hydrogen-bond donors (Lipinski definition) is 1. The van der Waals surface area contributed by atoms with E-state index in [1.54, 1.807) is 13.8 Å². The molecule has 0 aromatic heterocycles. The van der Waals surface area contributed by atoms with Crippen molar-refractivity contribution >= 4 is 9.84 Å². The molecule has 1 saturated heterocycles. The summed E-state index contributed by atoms with van der Waals surface area (Å²) in [5.41, 5.74) is 0.192. The van der Waals surface area contributed by atoms with Crippen molar-refractivity contribution < 1.29 is 8.42 Å². The summed E-state index contributed by atoms with van der Waals surface area (Å²) in [6.07, 6.45) is 2.62. The Morgan fingerprint density at radius 3 is 2.35 bits per heavy atom. The molecule has 1 heterocycles. The van der Waals surface area contributed by atoms with E-state index in [4.69, 9.17) is 0 Å². The molecule has 1 aliphatic heterocycles. The van der Waals surface area contributed by atoms with Crippen LogP contribution in [0.5, 0.6) is 0 Å². The van der Waals surface area contributed by atoms with Gasteiger partial charge in [-0.05, 0) is 53.4 Å². The van der Waals surface area contributed by atoms with Crippen LogP contribution >= 0.6 is 0 Å². The molecule has 4 nitrogen and oxygen atoms in total. The summed E-state index contributed by atoms with van der Waals surface area (Å²) >= 11 is 0. The molecule has 1 atom stereocenters. The summed E-state index contributed by atoms with van der Waals surface area (Å²) in [7, 11) is -2.95. The number of nitrogens with zero attached hydrogens (tertiary/aromatic N) is 1. The Labute approximate surface area is 124 Å². The van der Waals surface area contributed by atoms with Crippen molar-refractivity contribution in [3.8, 4) is 0 Å². The van der Waals surface area contributed by atoms with E-state index in [1.165, 1.54) is 12.8 Å². The Hall–Kier alpha value is -0.130. The monoisotopic (exact) mass is 302 g/mol. The smallest absolute Gasteiger partial charge is 0.153 e. The van der Waals surface area contributed by atoms with Crippen LogP contribution in [-0.2, 0) is 9.84 Å². The second-order valence-corrected chi connectivity index (χ2v) is 10.4. The molecule has 5 heteroatoms. The van der Waals surface area contributed by atoms with Crippen LogP contribution in [0.2, 0.25) is 0 Å². The number of nitrogens with one attached hydrogen (secondary N) is 1. The molecule has 1 N–H and O–H groups in total. The van der Waals surface area contributed by atoms with Crippen molar-refractivity contribution in [2.24, 2.45) is 5.92 Å². The summed E-state index contributed by atoms with van der Waals surface area (Å²) in [5, 5.41) is 3.43. The van der Waals surface area contributed by atoms with E-state index >= 15 is 0 Å². The van der Waals surface area contributed by atoms with Crippen molar-refractivity contribution in [3.63, 3.8) is 0 Å². The van der Waals surface area contributed by atoms with Gasteiger partial charge in [-0.1, -0.05) is 0 Å². The highest BCUT2D eigenvalue weighted by molar-refractivity contribution is 7.92. The first-order valence-corrected chi connectivity index (χ1v) is 9.50. The molecule has 2 aliphatic rings. The molecular weight excluding hydrogens is 272 g/mol. The summed E-state index contributed by atoms with van der Waals surface area (Å²) in [6, 6.07) is 0. The molecule has 1 unspecified atom stereocenters. The van der Waals surface area contributed by atoms with Gasteiger partial charge in [0.25, 0.3) is 0 Å². The highest BCUT2D eigenvalue weighted by Crippen LogP contribution is 2.42. The van der Waals surface area contributed by atoms with Gasteiger partial charge in [0, 0.05) is 30.7 Å². The van der Waals surface area contributed by atoms with Gasteiger partial charge in [-0.25, -0.2) is 8.42 Å². The van der Waals surface area contributed by atoms with Gasteiger partial charge in [0.1, 0.15) is 0 Å². The molecule has 0 spiro atoms. The van der Waals surface area contributed by atoms with E-state index in [1.807, 2.05) is 0 Å². The van der Waals surface area contributed by atoms with E-state index in [9.17, 15) is 8.42 Å². The van der Waals surface area contributed by atoms with Crippen molar-refractivity contribution in [1.82, 2.24) is 10.2 Å². The maximum atomic E-state index is 12.0. The zero-order valence-electron chi connectivity index (χ0n) is 13.6. The first-order chi connectivity index (χ1) is 9.07. The van der Waals surface area contributed by atoms with Crippen LogP contribution in [0, 0.1) is 5.92 Å². The van der Waals surface area contributed by atoms with Crippen molar-refractivity contribution in [3.05, 3.63) is 0 Å². The largest absolute Gasteiger partial charge is 0.308 e. The molecule has 2 fully saturated rings. The van der Waals surface area contributed by atoms with Gasteiger partial charge >= 0.3 is 0 Å². The predicted molar refractivity (Wildman–Crippen MR) is 83.7 cm³/mol. The standard InChI is InChI=1S/C15H30N2O2S/c1-12(2)20(18,19)9-8-17-11-15(5,13-6-7-13)16-10-14(17,3)4/h12-13,16H,6-11H2,1-5H3. The minimum Gasteiger partial charge on any atom is -0.308 e. The van der Waals surface area contributed by atoms with Crippen molar-refractivity contribution in [1.29, 1.82) is 0 Å². The second-order valence-electron chi connectivity index (χ2n) is 7.70. The molecule has 0 aromatic rings. The highest BCUT2D eigenvalue weighted by Gasteiger charge is 2.48. The molecule has 20 heavy (non-hydrogen) atoms. The Kier molecular flexibility index (Phi) is 4.27. The van der Waals surface area contributed by atoms with Gasteiger partial charge in [-0.3, -0.25) is 4.90 Å². The van der Waals surface area contributed by atoms with Gasteiger partial charge in [-0.2, -0.15) is 0 Å². The van der Waals surface area contributed by atoms with Crippen LogP contribution in [0.25, 0.3) is 0 Å². The predicted octanol–water partition coefficient (Wildman–Crippen LogP) is 1.66. The van der Waals surface area contributed by atoms with Gasteiger partial charge < -0.3 is 5.32 Å². The SMILES string of the molecule is CC(C)S(=O)(=O)CCN1CC(C)(C2CC2)NCC1(C)C. The third-order valence-electron chi connectivity index (χ3n) is 5.14. The summed E-state index contributed by atoms with van der Waals surface area (Å²) in [5.74, 6) is 1.04. The lowest BCUT2D eigenvalue weighted by Crippen LogP contribution is -2.68. The number of hydrogen-bond acceptors (Lipinski definition) is 4. The molecule has 2 rings (SSSR count). The fourth-order valence-electron chi connectivity index (χ4n) is 3.05. The number of rotatable bonds is 5. The lowest BCUT2D eigenvalue weighted by Gasteiger charge is -2.51. The van der Waals surface area contributed by atoms with Crippen LogP contribution in [-0.4, -0.2) is 55.0 Å². The highest BCUT2D eigenvalue weighted by atomic mass is 32.2. The summed E-state index contributed by atoms with van der Waals surface area (Å²) < 4.78 is 24.1. The van der Waals surface area contributed by atoms with E-state index in [-0.39, 0.29) is 22.1 Å². The molecule has 0 bridgehead atoms. The Morgan fingerprint density at radius 1 is 1.25 bits per heavy atom. The van der Waals surface area contributed by atoms with E-state index in [0.29, 0.717) is 6.54 Å². The minimum atomic E-state index is -2.95. The summed E-state index contributed by atoms with van der Waals surface area (Å²) in [6.45, 7) is 12.8. The molecule has 0 amide bonds. The minimum absolute atomic E-state index is 0.0287. The molecule has 0 radical (unpaired) electrons. The van der Waals surface area contributed by atoms with Crippen molar-refractivity contribution in [2.45, 2.75) is 63.8 Å². The van der Waals surface area contributed by atoms with E-state index < -0.39 is 9.84 Å². The molecule has 118 valence electrons. The van der Waals surface area contributed by atoms with E-state index in [0.717, 1.165) is 19.0 Å². The number of piperazine rings is 1.